The van der Waals surface area contributed by atoms with Gasteiger partial charge in [-0.2, -0.15) is 0 Å². The van der Waals surface area contributed by atoms with Crippen LogP contribution in [0, 0.1) is 0 Å². The van der Waals surface area contributed by atoms with Gasteiger partial charge in [0.1, 0.15) is 0 Å². The molecule has 0 aromatic heterocycles. The van der Waals surface area contributed by atoms with Gasteiger partial charge >= 0.3 is 0 Å². The second-order valence-electron chi connectivity index (χ2n) is 5.95. The molecule has 1 saturated heterocycles. The van der Waals surface area contributed by atoms with E-state index in [4.69, 9.17) is 0 Å². The number of hydrogen-bond acceptors (Lipinski definition) is 2. The van der Waals surface area contributed by atoms with Crippen LogP contribution >= 0.6 is 15.9 Å². The van der Waals surface area contributed by atoms with Crippen LogP contribution in [0.3, 0.4) is 0 Å². The minimum absolute atomic E-state index is 0.211. The average molecular weight is 337 g/mol. The minimum atomic E-state index is 0.211. The van der Waals surface area contributed by atoms with Crippen molar-refractivity contribution >= 4 is 21.8 Å². The Hall–Kier alpha value is -0.870. The van der Waals surface area contributed by atoms with Crippen LogP contribution in [0.1, 0.15) is 37.7 Å². The fourth-order valence-electron chi connectivity index (χ4n) is 3.12. The van der Waals surface area contributed by atoms with E-state index in [9.17, 15) is 4.79 Å². The van der Waals surface area contributed by atoms with E-state index in [1.54, 1.807) is 6.92 Å². The number of halogens is 1. The average Bonchev–Trinajstić information content (AvgIpc) is 3.19. The molecule has 1 N–H and O–H groups in total. The summed E-state index contributed by atoms with van der Waals surface area (Å²) >= 11 is 3.48. The fraction of sp³-hybridized carbons (Fsp3) is 0.562. The summed E-state index contributed by atoms with van der Waals surface area (Å²) in [5.41, 5.74) is 1.44. The van der Waals surface area contributed by atoms with Crippen LogP contribution in [-0.4, -0.2) is 36.0 Å². The smallest absolute Gasteiger partial charge is 0.219 e. The van der Waals surface area contributed by atoms with E-state index in [-0.39, 0.29) is 5.91 Å². The van der Waals surface area contributed by atoms with Gasteiger partial charge in [0.2, 0.25) is 5.91 Å². The van der Waals surface area contributed by atoms with Crippen LogP contribution in [0.15, 0.2) is 28.7 Å². The molecule has 2 atom stereocenters. The molecule has 0 radical (unpaired) electrons. The summed E-state index contributed by atoms with van der Waals surface area (Å²) in [5, 5.41) is 3.77. The van der Waals surface area contributed by atoms with E-state index in [0.717, 1.165) is 30.4 Å². The molecule has 0 unspecified atom stereocenters. The highest BCUT2D eigenvalue weighted by atomic mass is 79.9. The number of rotatable bonds is 3. The topological polar surface area (TPSA) is 32.3 Å². The maximum atomic E-state index is 11.3. The number of hydrogen-bond donors (Lipinski definition) is 1. The molecule has 2 aliphatic rings. The number of benzene rings is 1. The standard InChI is InChI=1S/C16H21BrN2O/c1-11(20)19-8-6-14(7-9-19)18-16-10-15(16)12-2-4-13(17)5-3-12/h2-5,14-16,18H,6-10H2,1H3/t15-,16+/m0/s1. The van der Waals surface area contributed by atoms with Crippen molar-refractivity contribution in [2.75, 3.05) is 13.1 Å². The van der Waals surface area contributed by atoms with Crippen molar-refractivity contribution in [2.24, 2.45) is 0 Å². The van der Waals surface area contributed by atoms with Gasteiger partial charge < -0.3 is 10.2 Å². The maximum Gasteiger partial charge on any atom is 0.219 e. The lowest BCUT2D eigenvalue weighted by atomic mass is 10.0. The molecule has 1 aliphatic heterocycles. The highest BCUT2D eigenvalue weighted by molar-refractivity contribution is 9.10. The highest BCUT2D eigenvalue weighted by Gasteiger charge is 2.39. The maximum absolute atomic E-state index is 11.3. The van der Waals surface area contributed by atoms with Gasteiger partial charge in [-0.15, -0.1) is 0 Å². The Labute approximate surface area is 128 Å². The third kappa shape index (κ3) is 3.23. The Morgan fingerprint density at radius 1 is 1.25 bits per heavy atom. The lowest BCUT2D eigenvalue weighted by molar-refractivity contribution is -0.129. The predicted molar refractivity (Wildman–Crippen MR) is 83.7 cm³/mol. The first kappa shape index (κ1) is 14.1. The summed E-state index contributed by atoms with van der Waals surface area (Å²) in [4.78, 5) is 13.3. The van der Waals surface area contributed by atoms with Crippen LogP contribution in [0.4, 0.5) is 0 Å². The fourth-order valence-corrected chi connectivity index (χ4v) is 3.39. The Kier molecular flexibility index (Phi) is 4.13. The first-order valence-corrected chi connectivity index (χ1v) is 8.20. The highest BCUT2D eigenvalue weighted by Crippen LogP contribution is 2.41. The van der Waals surface area contributed by atoms with Crippen molar-refractivity contribution < 1.29 is 4.79 Å². The Balaban J connectivity index is 1.47. The summed E-state index contributed by atoms with van der Waals surface area (Å²) in [6.45, 7) is 3.48. The van der Waals surface area contributed by atoms with Crippen molar-refractivity contribution in [3.05, 3.63) is 34.3 Å². The molecule has 1 heterocycles. The molecule has 4 heteroatoms. The zero-order valence-corrected chi connectivity index (χ0v) is 13.4. The molecule has 0 bridgehead atoms. The lowest BCUT2D eigenvalue weighted by Crippen LogP contribution is -2.45. The molecule has 2 fully saturated rings. The van der Waals surface area contributed by atoms with Crippen LogP contribution < -0.4 is 5.32 Å². The van der Waals surface area contributed by atoms with Gasteiger partial charge in [0, 0.05) is 42.5 Å². The van der Waals surface area contributed by atoms with Crippen molar-refractivity contribution in [3.8, 4) is 0 Å². The second kappa shape index (κ2) is 5.86. The van der Waals surface area contributed by atoms with E-state index >= 15 is 0 Å². The molecule has 1 saturated carbocycles. The van der Waals surface area contributed by atoms with E-state index in [1.165, 1.54) is 12.0 Å². The largest absolute Gasteiger partial charge is 0.343 e. The zero-order valence-electron chi connectivity index (χ0n) is 11.8. The molecule has 1 aromatic carbocycles. The molecule has 1 amide bonds. The van der Waals surface area contributed by atoms with Crippen molar-refractivity contribution in [1.29, 1.82) is 0 Å². The van der Waals surface area contributed by atoms with Gasteiger partial charge in [-0.05, 0) is 37.0 Å². The van der Waals surface area contributed by atoms with Crippen LogP contribution in [0.25, 0.3) is 0 Å². The molecule has 108 valence electrons. The van der Waals surface area contributed by atoms with Crippen LogP contribution in [0.5, 0.6) is 0 Å². The van der Waals surface area contributed by atoms with Crippen molar-refractivity contribution in [3.63, 3.8) is 0 Å². The number of piperidine rings is 1. The van der Waals surface area contributed by atoms with E-state index in [1.807, 2.05) is 4.90 Å². The molecule has 3 nitrogen and oxygen atoms in total. The number of carbonyl (C=O) groups is 1. The number of carbonyl (C=O) groups excluding carboxylic acids is 1. The van der Waals surface area contributed by atoms with Crippen LogP contribution in [-0.2, 0) is 4.79 Å². The molecular weight excluding hydrogens is 316 g/mol. The normalized spacial score (nSPS) is 26.6. The number of amides is 1. The quantitative estimate of drug-likeness (QED) is 0.920. The molecule has 1 aromatic rings. The van der Waals surface area contributed by atoms with E-state index in [0.29, 0.717) is 18.0 Å². The molecular formula is C16H21BrN2O. The second-order valence-corrected chi connectivity index (χ2v) is 6.86. The molecule has 1 aliphatic carbocycles. The molecule has 20 heavy (non-hydrogen) atoms. The summed E-state index contributed by atoms with van der Waals surface area (Å²) in [6, 6.07) is 9.89. The first-order valence-electron chi connectivity index (χ1n) is 7.40. The Morgan fingerprint density at radius 2 is 1.90 bits per heavy atom. The summed E-state index contributed by atoms with van der Waals surface area (Å²) in [7, 11) is 0. The minimum Gasteiger partial charge on any atom is -0.343 e. The third-order valence-corrected chi connectivity index (χ3v) is 5.01. The summed E-state index contributed by atoms with van der Waals surface area (Å²) < 4.78 is 1.14. The lowest BCUT2D eigenvalue weighted by Gasteiger charge is -2.32. The van der Waals surface area contributed by atoms with Crippen molar-refractivity contribution in [1.82, 2.24) is 10.2 Å². The molecule has 3 rings (SSSR count). The predicted octanol–water partition coefficient (Wildman–Crippen LogP) is 2.91. The number of likely N-dealkylation sites (tertiary alicyclic amines) is 1. The van der Waals surface area contributed by atoms with E-state index in [2.05, 4.69) is 45.5 Å². The number of nitrogens with zero attached hydrogens (tertiary/aromatic N) is 1. The summed E-state index contributed by atoms with van der Waals surface area (Å²) in [6.07, 6.45) is 3.42. The van der Waals surface area contributed by atoms with Crippen LogP contribution in [0.2, 0.25) is 0 Å². The Bertz CT molecular complexity index is 480. The SMILES string of the molecule is CC(=O)N1CCC(N[C@@H]2C[C@H]2c2ccc(Br)cc2)CC1. The monoisotopic (exact) mass is 336 g/mol. The van der Waals surface area contributed by atoms with Crippen molar-refractivity contribution in [2.45, 2.75) is 44.2 Å². The van der Waals surface area contributed by atoms with Gasteiger partial charge in [0.15, 0.2) is 0 Å². The summed E-state index contributed by atoms with van der Waals surface area (Å²) in [5.74, 6) is 0.886. The Morgan fingerprint density at radius 3 is 2.50 bits per heavy atom. The van der Waals surface area contributed by atoms with Gasteiger partial charge in [-0.1, -0.05) is 28.1 Å². The zero-order chi connectivity index (χ0) is 14.1. The third-order valence-electron chi connectivity index (χ3n) is 4.48. The molecule has 0 spiro atoms. The van der Waals surface area contributed by atoms with Gasteiger partial charge in [-0.25, -0.2) is 0 Å². The van der Waals surface area contributed by atoms with Gasteiger partial charge in [0.05, 0.1) is 0 Å². The first-order chi connectivity index (χ1) is 9.63. The van der Waals surface area contributed by atoms with Gasteiger partial charge in [0.25, 0.3) is 0 Å². The number of nitrogens with one attached hydrogen (secondary N) is 1. The van der Waals surface area contributed by atoms with Gasteiger partial charge in [-0.3, -0.25) is 4.79 Å². The van der Waals surface area contributed by atoms with E-state index < -0.39 is 0 Å².